The van der Waals surface area contributed by atoms with Crippen LogP contribution in [-0.2, 0) is 4.79 Å². The summed E-state index contributed by atoms with van der Waals surface area (Å²) >= 11 is 0. The molecule has 1 rings (SSSR count). The van der Waals surface area contributed by atoms with Crippen LogP contribution >= 0.6 is 0 Å². The van der Waals surface area contributed by atoms with Crippen LogP contribution in [0.2, 0.25) is 0 Å². The molecular weight excluding hydrogens is 240 g/mol. The molecule has 3 atom stereocenters. The molecule has 2 N–H and O–H groups in total. The molecule has 0 aromatic heterocycles. The van der Waals surface area contributed by atoms with E-state index in [2.05, 4.69) is 31.1 Å². The number of carboxylic acid groups (broad SMARTS) is 1. The number of nitrogens with zero attached hydrogens (tertiary/aromatic N) is 1. The third-order valence-electron chi connectivity index (χ3n) is 4.28. The second-order valence-corrected chi connectivity index (χ2v) is 6.40. The number of aliphatic carboxylic acids is 1. The Bertz CT molecular complexity index is 296. The molecule has 0 radical (unpaired) electrons. The Balaban J connectivity index is 2.25. The zero-order valence-corrected chi connectivity index (χ0v) is 12.9. The van der Waals surface area contributed by atoms with Crippen molar-refractivity contribution in [2.24, 2.45) is 11.8 Å². The lowest BCUT2D eigenvalue weighted by atomic mass is 9.95. The fraction of sp³-hybridized carbons (Fsp3) is 0.933. The average Bonchev–Trinajstić information content (AvgIpc) is 3.01. The molecule has 112 valence electrons. The van der Waals surface area contributed by atoms with Gasteiger partial charge in [-0.2, -0.15) is 0 Å². The highest BCUT2D eigenvalue weighted by Gasteiger charge is 2.34. The van der Waals surface area contributed by atoms with E-state index in [1.54, 1.807) is 6.92 Å². The topological polar surface area (TPSA) is 52.6 Å². The standard InChI is InChI=1S/C15H30N2O2/c1-5-8-16-15(3,14(18)19)7-6-9-17(4)11-13-10-12(13)2/h12-13,16H,5-11H2,1-4H3,(H,18,19). The minimum Gasteiger partial charge on any atom is -0.480 e. The van der Waals surface area contributed by atoms with Gasteiger partial charge in [-0.1, -0.05) is 13.8 Å². The normalized spacial score (nSPS) is 25.3. The van der Waals surface area contributed by atoms with Gasteiger partial charge in [0.25, 0.3) is 0 Å². The Kier molecular flexibility index (Phi) is 6.27. The number of carbonyl (C=O) groups is 1. The van der Waals surface area contributed by atoms with Gasteiger partial charge in [0.1, 0.15) is 5.54 Å². The first kappa shape index (κ1) is 16.4. The van der Waals surface area contributed by atoms with E-state index in [4.69, 9.17) is 0 Å². The highest BCUT2D eigenvalue weighted by molar-refractivity contribution is 5.78. The van der Waals surface area contributed by atoms with Gasteiger partial charge < -0.3 is 15.3 Å². The van der Waals surface area contributed by atoms with Crippen LogP contribution < -0.4 is 5.32 Å². The van der Waals surface area contributed by atoms with Crippen molar-refractivity contribution >= 4 is 5.97 Å². The van der Waals surface area contributed by atoms with Crippen molar-refractivity contribution < 1.29 is 9.90 Å². The first-order chi connectivity index (χ1) is 8.89. The number of hydrogen-bond acceptors (Lipinski definition) is 3. The van der Waals surface area contributed by atoms with Crippen molar-refractivity contribution in [2.75, 3.05) is 26.7 Å². The average molecular weight is 270 g/mol. The molecular formula is C15H30N2O2. The Labute approximate surface area is 117 Å². The van der Waals surface area contributed by atoms with Gasteiger partial charge in [-0.25, -0.2) is 0 Å². The van der Waals surface area contributed by atoms with E-state index in [0.29, 0.717) is 6.42 Å². The van der Waals surface area contributed by atoms with Crippen LogP contribution in [-0.4, -0.2) is 48.2 Å². The van der Waals surface area contributed by atoms with Gasteiger partial charge >= 0.3 is 5.97 Å². The monoisotopic (exact) mass is 270 g/mol. The summed E-state index contributed by atoms with van der Waals surface area (Å²) in [4.78, 5) is 13.7. The zero-order valence-electron chi connectivity index (χ0n) is 12.9. The number of carboxylic acids is 1. The lowest BCUT2D eigenvalue weighted by Crippen LogP contribution is -2.50. The summed E-state index contributed by atoms with van der Waals surface area (Å²) in [6, 6.07) is 0. The molecule has 1 aliphatic rings. The molecule has 4 heteroatoms. The summed E-state index contributed by atoms with van der Waals surface area (Å²) < 4.78 is 0. The maximum absolute atomic E-state index is 11.4. The minimum atomic E-state index is -0.774. The molecule has 1 saturated carbocycles. The molecule has 4 nitrogen and oxygen atoms in total. The molecule has 0 aromatic rings. The minimum absolute atomic E-state index is 0.687. The highest BCUT2D eigenvalue weighted by atomic mass is 16.4. The van der Waals surface area contributed by atoms with E-state index in [0.717, 1.165) is 44.3 Å². The van der Waals surface area contributed by atoms with E-state index >= 15 is 0 Å². The predicted octanol–water partition coefficient (Wildman–Crippen LogP) is 2.20. The van der Waals surface area contributed by atoms with Crippen LogP contribution in [0.1, 0.15) is 46.5 Å². The molecule has 1 fully saturated rings. The van der Waals surface area contributed by atoms with Gasteiger partial charge in [-0.15, -0.1) is 0 Å². The Morgan fingerprint density at radius 3 is 2.63 bits per heavy atom. The van der Waals surface area contributed by atoms with Gasteiger partial charge in [0, 0.05) is 6.54 Å². The Morgan fingerprint density at radius 1 is 1.53 bits per heavy atom. The molecule has 0 aromatic carbocycles. The molecule has 0 aliphatic heterocycles. The summed E-state index contributed by atoms with van der Waals surface area (Å²) in [5.41, 5.74) is -0.774. The lowest BCUT2D eigenvalue weighted by Gasteiger charge is -2.27. The summed E-state index contributed by atoms with van der Waals surface area (Å²) in [7, 11) is 2.14. The van der Waals surface area contributed by atoms with Crippen molar-refractivity contribution in [1.82, 2.24) is 10.2 Å². The van der Waals surface area contributed by atoms with E-state index in [1.807, 2.05) is 0 Å². The molecule has 0 spiro atoms. The quantitative estimate of drug-likeness (QED) is 0.639. The molecule has 0 saturated heterocycles. The molecule has 19 heavy (non-hydrogen) atoms. The van der Waals surface area contributed by atoms with Gasteiger partial charge in [0.05, 0.1) is 0 Å². The smallest absolute Gasteiger partial charge is 0.323 e. The fourth-order valence-corrected chi connectivity index (χ4v) is 2.52. The predicted molar refractivity (Wildman–Crippen MR) is 78.3 cm³/mol. The number of hydrogen-bond donors (Lipinski definition) is 2. The molecule has 3 unspecified atom stereocenters. The highest BCUT2D eigenvalue weighted by Crippen LogP contribution is 2.37. The van der Waals surface area contributed by atoms with Crippen molar-refractivity contribution in [3.05, 3.63) is 0 Å². The van der Waals surface area contributed by atoms with Crippen LogP contribution in [0.3, 0.4) is 0 Å². The van der Waals surface area contributed by atoms with Crippen molar-refractivity contribution in [2.45, 2.75) is 52.0 Å². The van der Waals surface area contributed by atoms with Crippen molar-refractivity contribution in [1.29, 1.82) is 0 Å². The summed E-state index contributed by atoms with van der Waals surface area (Å²) in [6.45, 7) is 9.06. The first-order valence-corrected chi connectivity index (χ1v) is 7.56. The van der Waals surface area contributed by atoms with Gasteiger partial charge in [0.15, 0.2) is 0 Å². The fourth-order valence-electron chi connectivity index (χ4n) is 2.52. The summed E-state index contributed by atoms with van der Waals surface area (Å²) in [6.07, 6.45) is 3.93. The van der Waals surface area contributed by atoms with Gasteiger partial charge in [-0.3, -0.25) is 4.79 Å². The maximum Gasteiger partial charge on any atom is 0.323 e. The lowest BCUT2D eigenvalue weighted by molar-refractivity contribution is -0.144. The third kappa shape index (κ3) is 5.49. The number of rotatable bonds is 10. The van der Waals surface area contributed by atoms with Crippen LogP contribution in [0.4, 0.5) is 0 Å². The molecule has 0 bridgehead atoms. The molecule has 1 aliphatic carbocycles. The van der Waals surface area contributed by atoms with Crippen molar-refractivity contribution in [3.63, 3.8) is 0 Å². The number of nitrogens with one attached hydrogen (secondary N) is 1. The first-order valence-electron chi connectivity index (χ1n) is 7.56. The molecule has 0 heterocycles. The van der Waals surface area contributed by atoms with Crippen LogP contribution in [0.15, 0.2) is 0 Å². The zero-order chi connectivity index (χ0) is 14.5. The van der Waals surface area contributed by atoms with Crippen LogP contribution in [0, 0.1) is 11.8 Å². The largest absolute Gasteiger partial charge is 0.480 e. The van der Waals surface area contributed by atoms with E-state index in [9.17, 15) is 9.90 Å². The van der Waals surface area contributed by atoms with Crippen LogP contribution in [0.25, 0.3) is 0 Å². The van der Waals surface area contributed by atoms with E-state index in [1.165, 1.54) is 6.42 Å². The summed E-state index contributed by atoms with van der Waals surface area (Å²) in [5, 5.41) is 12.5. The molecule has 0 amide bonds. The van der Waals surface area contributed by atoms with E-state index < -0.39 is 11.5 Å². The Hall–Kier alpha value is -0.610. The van der Waals surface area contributed by atoms with Crippen LogP contribution in [0.5, 0.6) is 0 Å². The van der Waals surface area contributed by atoms with Crippen molar-refractivity contribution in [3.8, 4) is 0 Å². The van der Waals surface area contributed by atoms with Gasteiger partial charge in [0.2, 0.25) is 0 Å². The van der Waals surface area contributed by atoms with E-state index in [-0.39, 0.29) is 0 Å². The summed E-state index contributed by atoms with van der Waals surface area (Å²) in [5.74, 6) is 1.02. The second kappa shape index (κ2) is 7.25. The SMILES string of the molecule is CCCNC(C)(CCCN(C)CC1CC1C)C(=O)O. The van der Waals surface area contributed by atoms with Gasteiger partial charge in [-0.05, 0) is 64.6 Å². The maximum atomic E-state index is 11.4. The third-order valence-corrected chi connectivity index (χ3v) is 4.28. The Morgan fingerprint density at radius 2 is 2.16 bits per heavy atom. The second-order valence-electron chi connectivity index (χ2n) is 6.40.